The fourth-order valence-electron chi connectivity index (χ4n) is 2.45. The summed E-state index contributed by atoms with van der Waals surface area (Å²) in [4.78, 5) is 25.5. The molecule has 2 fully saturated rings. The Hall–Kier alpha value is -1.18. The first-order valence-corrected chi connectivity index (χ1v) is 7.19. The highest BCUT2D eigenvalue weighted by molar-refractivity contribution is 5.82. The first-order valence-electron chi connectivity index (χ1n) is 7.19. The molecule has 3 N–H and O–H groups in total. The molecule has 0 saturated carbocycles. The van der Waals surface area contributed by atoms with Crippen LogP contribution in [0.1, 0.15) is 19.3 Å². The Kier molecular flexibility index (Phi) is 5.75. The average Bonchev–Trinajstić information content (AvgIpc) is 2.97. The highest BCUT2D eigenvalue weighted by atomic mass is 16.5. The maximum Gasteiger partial charge on any atom is 0.249 e. The number of carbonyl (C=O) groups is 2. The molecule has 2 atom stereocenters. The lowest BCUT2D eigenvalue weighted by Crippen LogP contribution is -2.43. The summed E-state index contributed by atoms with van der Waals surface area (Å²) in [6, 6.07) is 0. The Morgan fingerprint density at radius 1 is 1.25 bits per heavy atom. The lowest BCUT2D eigenvalue weighted by molar-refractivity contribution is -0.135. The maximum atomic E-state index is 11.9. The molecule has 0 aliphatic carbocycles. The number of rotatable bonds is 5. The quantitative estimate of drug-likeness (QED) is 0.666. The van der Waals surface area contributed by atoms with Crippen LogP contribution >= 0.6 is 0 Å². The zero-order valence-corrected chi connectivity index (χ0v) is 11.7. The van der Waals surface area contributed by atoms with Gasteiger partial charge < -0.3 is 25.4 Å². The molecule has 0 bridgehead atoms. The predicted octanol–water partition coefficient (Wildman–Crippen LogP) is -1.14. The molecule has 2 rings (SSSR count). The molecule has 2 saturated heterocycles. The lowest BCUT2D eigenvalue weighted by atomic mass is 10.2. The summed E-state index contributed by atoms with van der Waals surface area (Å²) in [5, 5.41) is 2.76. The van der Waals surface area contributed by atoms with Crippen molar-refractivity contribution < 1.29 is 19.1 Å². The van der Waals surface area contributed by atoms with Gasteiger partial charge in [0.05, 0.1) is 19.3 Å². The lowest BCUT2D eigenvalue weighted by Gasteiger charge is -2.26. The maximum absolute atomic E-state index is 11.9. The smallest absolute Gasteiger partial charge is 0.249 e. The van der Waals surface area contributed by atoms with Crippen LogP contribution in [0, 0.1) is 0 Å². The van der Waals surface area contributed by atoms with E-state index in [1.165, 1.54) is 0 Å². The number of nitrogens with one attached hydrogen (secondary N) is 1. The monoisotopic (exact) mass is 285 g/mol. The van der Waals surface area contributed by atoms with Crippen LogP contribution in [0.3, 0.4) is 0 Å². The fraction of sp³-hybridized carbons (Fsp3) is 0.846. The molecule has 2 amide bonds. The van der Waals surface area contributed by atoms with Crippen LogP contribution in [0.25, 0.3) is 0 Å². The number of morpholine rings is 1. The van der Waals surface area contributed by atoms with E-state index in [0.29, 0.717) is 52.2 Å². The van der Waals surface area contributed by atoms with Gasteiger partial charge in [-0.2, -0.15) is 0 Å². The molecule has 2 aliphatic rings. The van der Waals surface area contributed by atoms with Crippen LogP contribution in [-0.2, 0) is 19.1 Å². The molecule has 0 unspecified atom stereocenters. The molecule has 0 aromatic rings. The average molecular weight is 285 g/mol. The van der Waals surface area contributed by atoms with Crippen molar-refractivity contribution >= 4 is 11.8 Å². The van der Waals surface area contributed by atoms with Gasteiger partial charge in [-0.25, -0.2) is 0 Å². The standard InChI is InChI=1S/C13H23N3O4/c14-9-10-1-2-11(20-10)13(18)15-4-3-12(17)16-5-7-19-8-6-16/h10-11H,1-9,14H2,(H,15,18)/t10-,11+/m1/s1. The summed E-state index contributed by atoms with van der Waals surface area (Å²) >= 11 is 0. The zero-order chi connectivity index (χ0) is 14.4. The Bertz CT molecular complexity index is 345. The number of nitrogens with two attached hydrogens (primary N) is 1. The van der Waals surface area contributed by atoms with Gasteiger partial charge in [-0.1, -0.05) is 0 Å². The Labute approximate surface area is 118 Å². The second-order valence-corrected chi connectivity index (χ2v) is 5.09. The highest BCUT2D eigenvalue weighted by Gasteiger charge is 2.29. The van der Waals surface area contributed by atoms with E-state index in [-0.39, 0.29) is 17.9 Å². The number of carbonyl (C=O) groups excluding carboxylic acids is 2. The summed E-state index contributed by atoms with van der Waals surface area (Å²) in [6.45, 7) is 3.25. The highest BCUT2D eigenvalue weighted by Crippen LogP contribution is 2.18. The van der Waals surface area contributed by atoms with Gasteiger partial charge in [0.1, 0.15) is 6.10 Å². The van der Waals surface area contributed by atoms with E-state index >= 15 is 0 Å². The van der Waals surface area contributed by atoms with E-state index in [9.17, 15) is 9.59 Å². The van der Waals surface area contributed by atoms with E-state index in [0.717, 1.165) is 6.42 Å². The topological polar surface area (TPSA) is 93.9 Å². The Morgan fingerprint density at radius 2 is 2.00 bits per heavy atom. The number of hydrogen-bond acceptors (Lipinski definition) is 5. The second kappa shape index (κ2) is 7.56. The summed E-state index contributed by atoms with van der Waals surface area (Å²) in [6.07, 6.45) is 1.41. The van der Waals surface area contributed by atoms with E-state index < -0.39 is 6.10 Å². The molecule has 0 spiro atoms. The Balaban J connectivity index is 1.62. The van der Waals surface area contributed by atoms with Gasteiger partial charge in [0.15, 0.2) is 0 Å². The van der Waals surface area contributed by atoms with Crippen molar-refractivity contribution in [3.8, 4) is 0 Å². The molecule has 0 aromatic heterocycles. The van der Waals surface area contributed by atoms with E-state index in [1.807, 2.05) is 0 Å². The van der Waals surface area contributed by atoms with E-state index in [2.05, 4.69) is 5.32 Å². The predicted molar refractivity (Wildman–Crippen MR) is 72.0 cm³/mol. The minimum Gasteiger partial charge on any atom is -0.378 e. The van der Waals surface area contributed by atoms with Crippen molar-refractivity contribution in [2.45, 2.75) is 31.5 Å². The number of nitrogens with zero attached hydrogens (tertiary/aromatic N) is 1. The molecule has 2 aliphatic heterocycles. The molecule has 0 radical (unpaired) electrons. The van der Waals surface area contributed by atoms with Gasteiger partial charge in [-0.15, -0.1) is 0 Å². The molecule has 0 aromatic carbocycles. The van der Waals surface area contributed by atoms with Crippen molar-refractivity contribution in [2.24, 2.45) is 5.73 Å². The summed E-state index contributed by atoms with van der Waals surface area (Å²) in [5.41, 5.74) is 5.50. The van der Waals surface area contributed by atoms with Gasteiger partial charge >= 0.3 is 0 Å². The van der Waals surface area contributed by atoms with Crippen molar-refractivity contribution in [3.05, 3.63) is 0 Å². The normalized spacial score (nSPS) is 26.6. The SMILES string of the molecule is NC[C@H]1CC[C@@H](C(=O)NCCC(=O)N2CCOCC2)O1. The van der Waals surface area contributed by atoms with E-state index in [4.69, 9.17) is 15.2 Å². The van der Waals surface area contributed by atoms with Crippen molar-refractivity contribution in [3.63, 3.8) is 0 Å². The number of ether oxygens (including phenoxy) is 2. The summed E-state index contributed by atoms with van der Waals surface area (Å²) < 4.78 is 10.7. The minimum atomic E-state index is -0.415. The van der Waals surface area contributed by atoms with Gasteiger partial charge in [0.2, 0.25) is 11.8 Å². The molecule has 7 heteroatoms. The summed E-state index contributed by atoms with van der Waals surface area (Å²) in [5.74, 6) is -0.0866. The second-order valence-electron chi connectivity index (χ2n) is 5.09. The molecular weight excluding hydrogens is 262 g/mol. The van der Waals surface area contributed by atoms with Crippen molar-refractivity contribution in [2.75, 3.05) is 39.4 Å². The van der Waals surface area contributed by atoms with Crippen LogP contribution < -0.4 is 11.1 Å². The minimum absolute atomic E-state index is 0.0132. The number of amides is 2. The van der Waals surface area contributed by atoms with Crippen LogP contribution in [0.15, 0.2) is 0 Å². The van der Waals surface area contributed by atoms with Crippen LogP contribution in [-0.4, -0.2) is 68.3 Å². The molecule has 20 heavy (non-hydrogen) atoms. The van der Waals surface area contributed by atoms with Crippen LogP contribution in [0.2, 0.25) is 0 Å². The van der Waals surface area contributed by atoms with Crippen molar-refractivity contribution in [1.82, 2.24) is 10.2 Å². The van der Waals surface area contributed by atoms with Gasteiger partial charge in [-0.3, -0.25) is 9.59 Å². The van der Waals surface area contributed by atoms with Gasteiger partial charge in [0, 0.05) is 32.6 Å². The first kappa shape index (κ1) is 15.2. The largest absolute Gasteiger partial charge is 0.378 e. The third-order valence-corrected chi connectivity index (χ3v) is 3.66. The first-order chi connectivity index (χ1) is 9.70. The van der Waals surface area contributed by atoms with E-state index in [1.54, 1.807) is 4.90 Å². The van der Waals surface area contributed by atoms with Crippen LogP contribution in [0.5, 0.6) is 0 Å². The number of hydrogen-bond donors (Lipinski definition) is 2. The summed E-state index contributed by atoms with van der Waals surface area (Å²) in [7, 11) is 0. The van der Waals surface area contributed by atoms with Gasteiger partial charge in [-0.05, 0) is 12.8 Å². The Morgan fingerprint density at radius 3 is 2.65 bits per heavy atom. The molecule has 114 valence electrons. The van der Waals surface area contributed by atoms with Crippen molar-refractivity contribution in [1.29, 1.82) is 0 Å². The third kappa shape index (κ3) is 4.16. The molecular formula is C13H23N3O4. The van der Waals surface area contributed by atoms with Gasteiger partial charge in [0.25, 0.3) is 0 Å². The third-order valence-electron chi connectivity index (χ3n) is 3.66. The fourth-order valence-corrected chi connectivity index (χ4v) is 2.45. The zero-order valence-electron chi connectivity index (χ0n) is 11.7. The molecule has 2 heterocycles. The van der Waals surface area contributed by atoms with Crippen LogP contribution in [0.4, 0.5) is 0 Å². The molecule has 7 nitrogen and oxygen atoms in total.